The van der Waals surface area contributed by atoms with Crippen molar-refractivity contribution in [1.82, 2.24) is 14.9 Å². The van der Waals surface area contributed by atoms with E-state index in [2.05, 4.69) is 10.3 Å². The minimum absolute atomic E-state index is 0.114. The normalized spacial score (nSPS) is 12.1. The van der Waals surface area contributed by atoms with E-state index in [0.29, 0.717) is 11.9 Å². The van der Waals surface area contributed by atoms with Crippen molar-refractivity contribution >= 4 is 27.5 Å². The molecule has 0 aliphatic rings. The Morgan fingerprint density at radius 3 is 2.96 bits per heavy atom. The molecule has 130 valence electrons. The average Bonchev–Trinajstić information content (AvgIpc) is 3.10. The Kier molecular flexibility index (Phi) is 5.14. The Morgan fingerprint density at radius 2 is 2.16 bits per heavy atom. The van der Waals surface area contributed by atoms with Crippen LogP contribution in [-0.4, -0.2) is 22.6 Å². The number of carbonyl (C=O) groups is 1. The molecule has 3 rings (SSSR count). The summed E-state index contributed by atoms with van der Waals surface area (Å²) in [5, 5.41) is 5.37. The van der Waals surface area contributed by atoms with E-state index in [1.807, 2.05) is 36.6 Å². The molecule has 2 aromatic heterocycles. The van der Waals surface area contributed by atoms with Gasteiger partial charge in [0.15, 0.2) is 0 Å². The Balaban J connectivity index is 1.64. The molecule has 6 nitrogen and oxygen atoms in total. The number of nitrogens with one attached hydrogen (secondary N) is 1. The highest BCUT2D eigenvalue weighted by Crippen LogP contribution is 2.24. The van der Waals surface area contributed by atoms with Crippen LogP contribution in [0.2, 0.25) is 0 Å². The predicted molar refractivity (Wildman–Crippen MR) is 98.0 cm³/mol. The van der Waals surface area contributed by atoms with Crippen molar-refractivity contribution in [3.63, 3.8) is 0 Å². The molecule has 1 aromatic carbocycles. The number of benzene rings is 1. The van der Waals surface area contributed by atoms with Gasteiger partial charge in [-0.3, -0.25) is 14.2 Å². The summed E-state index contributed by atoms with van der Waals surface area (Å²) in [5.74, 6) is 0.606. The van der Waals surface area contributed by atoms with Crippen molar-refractivity contribution in [2.75, 3.05) is 7.11 Å². The van der Waals surface area contributed by atoms with Crippen LogP contribution in [-0.2, 0) is 11.3 Å². The van der Waals surface area contributed by atoms with Crippen molar-refractivity contribution in [2.24, 2.45) is 0 Å². The first kappa shape index (κ1) is 17.2. The van der Waals surface area contributed by atoms with Gasteiger partial charge in [0.25, 0.3) is 5.56 Å². The molecule has 1 N–H and O–H groups in total. The molecule has 0 aliphatic carbocycles. The van der Waals surface area contributed by atoms with Gasteiger partial charge in [0.05, 0.1) is 24.9 Å². The zero-order valence-electron chi connectivity index (χ0n) is 14.1. The third-order valence-electron chi connectivity index (χ3n) is 4.01. The highest BCUT2D eigenvalue weighted by Gasteiger charge is 2.14. The quantitative estimate of drug-likeness (QED) is 0.736. The van der Waals surface area contributed by atoms with Crippen molar-refractivity contribution in [3.8, 4) is 5.75 Å². The Labute approximate surface area is 149 Å². The number of ether oxygens (including phenoxy) is 1. The second kappa shape index (κ2) is 7.48. The van der Waals surface area contributed by atoms with Crippen LogP contribution in [0.25, 0.3) is 10.2 Å². The van der Waals surface area contributed by atoms with Crippen molar-refractivity contribution in [2.45, 2.75) is 25.9 Å². The fourth-order valence-electron chi connectivity index (χ4n) is 2.69. The van der Waals surface area contributed by atoms with Crippen molar-refractivity contribution in [1.29, 1.82) is 0 Å². The molecule has 2 heterocycles. The summed E-state index contributed by atoms with van der Waals surface area (Å²) >= 11 is 1.43. The first-order chi connectivity index (χ1) is 12.1. The van der Waals surface area contributed by atoms with Gasteiger partial charge in [0.1, 0.15) is 10.6 Å². The summed E-state index contributed by atoms with van der Waals surface area (Å²) in [6.45, 7) is 2.20. The Bertz CT molecular complexity index is 948. The SMILES string of the molecule is COc1ccccc1[C@@H](C)NC(=O)CCn1cnc2sccc2c1=O. The largest absolute Gasteiger partial charge is 0.496 e. The lowest BCUT2D eigenvalue weighted by molar-refractivity contribution is -0.121. The number of thiophene rings is 1. The first-order valence-electron chi connectivity index (χ1n) is 7.95. The van der Waals surface area contributed by atoms with Crippen LogP contribution in [0, 0.1) is 0 Å². The van der Waals surface area contributed by atoms with Crippen LogP contribution in [0.5, 0.6) is 5.75 Å². The van der Waals surface area contributed by atoms with Gasteiger partial charge in [0, 0.05) is 18.5 Å². The summed E-state index contributed by atoms with van der Waals surface area (Å²) in [6.07, 6.45) is 1.70. The van der Waals surface area contributed by atoms with Gasteiger partial charge in [0.2, 0.25) is 5.91 Å². The van der Waals surface area contributed by atoms with E-state index < -0.39 is 0 Å². The molecule has 1 atom stereocenters. The summed E-state index contributed by atoms with van der Waals surface area (Å²) in [4.78, 5) is 29.5. The van der Waals surface area contributed by atoms with E-state index in [1.54, 1.807) is 13.2 Å². The number of hydrogen-bond acceptors (Lipinski definition) is 5. The molecule has 0 fully saturated rings. The maximum absolute atomic E-state index is 12.3. The second-order valence-electron chi connectivity index (χ2n) is 5.66. The van der Waals surface area contributed by atoms with Crippen LogP contribution in [0.15, 0.2) is 46.8 Å². The van der Waals surface area contributed by atoms with Crippen molar-refractivity contribution in [3.05, 3.63) is 58.0 Å². The van der Waals surface area contributed by atoms with Gasteiger partial charge in [-0.05, 0) is 24.4 Å². The minimum Gasteiger partial charge on any atom is -0.496 e. The molecule has 0 radical (unpaired) electrons. The molecule has 0 bridgehead atoms. The number of methoxy groups -OCH3 is 1. The fourth-order valence-corrected chi connectivity index (χ4v) is 3.41. The van der Waals surface area contributed by atoms with E-state index in [9.17, 15) is 9.59 Å². The summed E-state index contributed by atoms with van der Waals surface area (Å²) in [6, 6.07) is 9.15. The highest BCUT2D eigenvalue weighted by atomic mass is 32.1. The van der Waals surface area contributed by atoms with Crippen LogP contribution < -0.4 is 15.6 Å². The van der Waals surface area contributed by atoms with Gasteiger partial charge in [-0.1, -0.05) is 18.2 Å². The summed E-state index contributed by atoms with van der Waals surface area (Å²) < 4.78 is 6.80. The zero-order chi connectivity index (χ0) is 17.8. The molecule has 1 amide bonds. The van der Waals surface area contributed by atoms with Gasteiger partial charge in [-0.25, -0.2) is 4.98 Å². The standard InChI is InChI=1S/C18H19N3O3S/c1-12(13-5-3-4-6-15(13)24-2)20-16(22)7-9-21-11-19-17-14(18(21)23)8-10-25-17/h3-6,8,10-12H,7,9H2,1-2H3,(H,20,22)/t12-/m1/s1. The van der Waals surface area contributed by atoms with E-state index >= 15 is 0 Å². The number of nitrogens with zero attached hydrogens (tertiary/aromatic N) is 2. The molecular weight excluding hydrogens is 338 g/mol. The smallest absolute Gasteiger partial charge is 0.262 e. The first-order valence-corrected chi connectivity index (χ1v) is 8.83. The maximum Gasteiger partial charge on any atom is 0.262 e. The second-order valence-corrected chi connectivity index (χ2v) is 6.56. The molecule has 25 heavy (non-hydrogen) atoms. The lowest BCUT2D eigenvalue weighted by Gasteiger charge is -2.17. The van der Waals surface area contributed by atoms with Crippen LogP contribution in [0.1, 0.15) is 24.9 Å². The van der Waals surface area contributed by atoms with Gasteiger partial charge in [-0.15, -0.1) is 11.3 Å². The van der Waals surface area contributed by atoms with Gasteiger partial charge in [-0.2, -0.15) is 0 Å². The van der Waals surface area contributed by atoms with E-state index in [-0.39, 0.29) is 23.9 Å². The predicted octanol–water partition coefficient (Wildman–Crippen LogP) is 2.73. The number of para-hydroxylation sites is 1. The fraction of sp³-hybridized carbons (Fsp3) is 0.278. The number of rotatable bonds is 6. The number of hydrogen-bond donors (Lipinski definition) is 1. The van der Waals surface area contributed by atoms with E-state index in [1.165, 1.54) is 22.2 Å². The molecule has 0 saturated heterocycles. The molecular formula is C18H19N3O3S. The lowest BCUT2D eigenvalue weighted by atomic mass is 10.1. The van der Waals surface area contributed by atoms with E-state index in [4.69, 9.17) is 4.74 Å². The van der Waals surface area contributed by atoms with Crippen LogP contribution >= 0.6 is 11.3 Å². The number of aromatic nitrogens is 2. The third kappa shape index (κ3) is 3.71. The number of fused-ring (bicyclic) bond motifs is 1. The van der Waals surface area contributed by atoms with Crippen LogP contribution in [0.4, 0.5) is 0 Å². The zero-order valence-corrected chi connectivity index (χ0v) is 14.9. The topological polar surface area (TPSA) is 73.2 Å². The Morgan fingerprint density at radius 1 is 1.36 bits per heavy atom. The number of amides is 1. The minimum atomic E-state index is -0.183. The van der Waals surface area contributed by atoms with Crippen LogP contribution in [0.3, 0.4) is 0 Å². The maximum atomic E-state index is 12.3. The van der Waals surface area contributed by atoms with Gasteiger partial charge >= 0.3 is 0 Å². The monoisotopic (exact) mass is 357 g/mol. The molecule has 7 heteroatoms. The number of carbonyl (C=O) groups excluding carboxylic acids is 1. The van der Waals surface area contributed by atoms with E-state index in [0.717, 1.165) is 16.1 Å². The van der Waals surface area contributed by atoms with Crippen molar-refractivity contribution < 1.29 is 9.53 Å². The average molecular weight is 357 g/mol. The molecule has 3 aromatic rings. The lowest BCUT2D eigenvalue weighted by Crippen LogP contribution is -2.29. The van der Waals surface area contributed by atoms with Gasteiger partial charge < -0.3 is 10.1 Å². The molecule has 0 spiro atoms. The highest BCUT2D eigenvalue weighted by molar-refractivity contribution is 7.16. The summed E-state index contributed by atoms with van der Waals surface area (Å²) in [7, 11) is 1.60. The Hall–Kier alpha value is -2.67. The third-order valence-corrected chi connectivity index (χ3v) is 4.83. The molecule has 0 aliphatic heterocycles. The molecule has 0 saturated carbocycles. The molecule has 0 unspecified atom stereocenters. The summed E-state index contributed by atoms with van der Waals surface area (Å²) in [5.41, 5.74) is 0.800. The number of aryl methyl sites for hydroxylation is 1.